The van der Waals surface area contributed by atoms with Gasteiger partial charge in [0.1, 0.15) is 12.6 Å². The fraction of sp³-hybridized carbons (Fsp3) is 0.500. The molecule has 2 aromatic carbocycles. The van der Waals surface area contributed by atoms with E-state index in [2.05, 4.69) is 10.2 Å². The van der Waals surface area contributed by atoms with Crippen molar-refractivity contribution in [3.8, 4) is 17.2 Å². The van der Waals surface area contributed by atoms with Gasteiger partial charge in [-0.15, -0.1) is 0 Å². The maximum Gasteiger partial charge on any atom is 0.408 e. The molecule has 37 heavy (non-hydrogen) atoms. The van der Waals surface area contributed by atoms with Crippen LogP contribution in [-0.4, -0.2) is 75.4 Å². The first kappa shape index (κ1) is 28.1. The first-order chi connectivity index (χ1) is 17.9. The van der Waals surface area contributed by atoms with Crippen LogP contribution < -0.4 is 19.5 Å². The minimum absolute atomic E-state index is 0.0224. The van der Waals surface area contributed by atoms with E-state index in [9.17, 15) is 9.59 Å². The Morgan fingerprint density at radius 1 is 0.919 bits per heavy atom. The second-order valence-corrected chi connectivity index (χ2v) is 9.16. The van der Waals surface area contributed by atoms with Crippen LogP contribution in [0, 0.1) is 5.92 Å². The number of carbonyl (C=O) groups excluding carboxylic acids is 2. The van der Waals surface area contributed by atoms with Crippen molar-refractivity contribution in [1.82, 2.24) is 15.1 Å². The van der Waals surface area contributed by atoms with Gasteiger partial charge >= 0.3 is 6.09 Å². The van der Waals surface area contributed by atoms with Gasteiger partial charge in [-0.3, -0.25) is 9.69 Å². The van der Waals surface area contributed by atoms with Crippen molar-refractivity contribution >= 4 is 12.0 Å². The number of hydrogen-bond donors (Lipinski definition) is 1. The van der Waals surface area contributed by atoms with Gasteiger partial charge in [-0.05, 0) is 17.5 Å². The van der Waals surface area contributed by atoms with Crippen LogP contribution in [0.2, 0.25) is 0 Å². The molecule has 1 fully saturated rings. The zero-order valence-corrected chi connectivity index (χ0v) is 22.5. The van der Waals surface area contributed by atoms with Crippen LogP contribution in [0.25, 0.3) is 0 Å². The quantitative estimate of drug-likeness (QED) is 0.490. The van der Waals surface area contributed by atoms with Gasteiger partial charge < -0.3 is 29.2 Å². The predicted molar refractivity (Wildman–Crippen MR) is 141 cm³/mol. The topological polar surface area (TPSA) is 89.6 Å². The lowest BCUT2D eigenvalue weighted by Gasteiger charge is -2.37. The molecule has 9 heteroatoms. The molecule has 1 aliphatic rings. The van der Waals surface area contributed by atoms with Crippen LogP contribution in [0.15, 0.2) is 42.5 Å². The van der Waals surface area contributed by atoms with Gasteiger partial charge in [-0.1, -0.05) is 56.7 Å². The smallest absolute Gasteiger partial charge is 0.408 e. The summed E-state index contributed by atoms with van der Waals surface area (Å²) in [4.78, 5) is 30.0. The van der Waals surface area contributed by atoms with E-state index in [1.807, 2.05) is 61.2 Å². The Kier molecular flexibility index (Phi) is 10.4. The molecule has 1 N–H and O–H groups in total. The number of benzene rings is 2. The maximum atomic E-state index is 13.4. The highest BCUT2D eigenvalue weighted by atomic mass is 16.5. The van der Waals surface area contributed by atoms with Crippen molar-refractivity contribution < 1.29 is 28.5 Å². The molecule has 2 amide bonds. The summed E-state index contributed by atoms with van der Waals surface area (Å²) in [6, 6.07) is 12.7. The Labute approximate surface area is 219 Å². The van der Waals surface area contributed by atoms with Gasteiger partial charge in [0, 0.05) is 38.3 Å². The summed E-state index contributed by atoms with van der Waals surface area (Å²) in [7, 11) is 4.80. The van der Waals surface area contributed by atoms with Crippen LogP contribution in [0.1, 0.15) is 31.4 Å². The largest absolute Gasteiger partial charge is 0.493 e. The number of methoxy groups -OCH3 is 3. The van der Waals surface area contributed by atoms with Gasteiger partial charge in [-0.2, -0.15) is 0 Å². The Bertz CT molecular complexity index is 1020. The summed E-state index contributed by atoms with van der Waals surface area (Å²) < 4.78 is 21.9. The molecule has 0 radical (unpaired) electrons. The van der Waals surface area contributed by atoms with Crippen molar-refractivity contribution in [3.63, 3.8) is 0 Å². The van der Waals surface area contributed by atoms with Gasteiger partial charge in [0.25, 0.3) is 0 Å². The van der Waals surface area contributed by atoms with Crippen LogP contribution in [-0.2, 0) is 22.7 Å². The normalized spacial score (nSPS) is 15.4. The molecule has 0 aliphatic carbocycles. The Morgan fingerprint density at radius 2 is 1.59 bits per heavy atom. The zero-order valence-electron chi connectivity index (χ0n) is 22.5. The average Bonchev–Trinajstić information content (AvgIpc) is 2.94. The molecule has 202 valence electrons. The molecule has 2 aromatic rings. The van der Waals surface area contributed by atoms with E-state index in [0.29, 0.717) is 50.0 Å². The second kappa shape index (κ2) is 13.7. The SMILES string of the molecule is CC[C@H](C)[C@H](NC(=O)OCc1ccccc1)C(=O)N1CCN(Cc2ccc(OC)c(OC)c2OC)CC1. The molecule has 9 nitrogen and oxygen atoms in total. The number of nitrogens with one attached hydrogen (secondary N) is 1. The molecule has 1 saturated heterocycles. The minimum atomic E-state index is -0.634. The third-order valence-electron chi connectivity index (χ3n) is 6.83. The lowest BCUT2D eigenvalue weighted by atomic mass is 9.97. The first-order valence-electron chi connectivity index (χ1n) is 12.7. The van der Waals surface area contributed by atoms with Crippen LogP contribution in [0.4, 0.5) is 4.79 Å². The van der Waals surface area contributed by atoms with Crippen molar-refractivity contribution in [1.29, 1.82) is 0 Å². The summed E-state index contributed by atoms with van der Waals surface area (Å²) in [5, 5.41) is 2.82. The van der Waals surface area contributed by atoms with Crippen LogP contribution >= 0.6 is 0 Å². The van der Waals surface area contributed by atoms with Gasteiger partial charge in [0.15, 0.2) is 11.5 Å². The van der Waals surface area contributed by atoms with Gasteiger partial charge in [0.05, 0.1) is 21.3 Å². The van der Waals surface area contributed by atoms with E-state index in [-0.39, 0.29) is 18.4 Å². The molecular formula is C28H39N3O6. The predicted octanol–water partition coefficient (Wildman–Crippen LogP) is 3.70. The summed E-state index contributed by atoms with van der Waals surface area (Å²) in [5.41, 5.74) is 1.88. The first-order valence-corrected chi connectivity index (χ1v) is 12.7. The number of rotatable bonds is 11. The van der Waals surface area contributed by atoms with Crippen molar-refractivity contribution in [2.45, 2.75) is 39.5 Å². The van der Waals surface area contributed by atoms with Crippen molar-refractivity contribution in [2.75, 3.05) is 47.5 Å². The molecule has 2 atom stereocenters. The van der Waals surface area contributed by atoms with E-state index < -0.39 is 12.1 Å². The number of amides is 2. The van der Waals surface area contributed by atoms with E-state index in [4.69, 9.17) is 18.9 Å². The number of nitrogens with zero attached hydrogens (tertiary/aromatic N) is 2. The fourth-order valence-electron chi connectivity index (χ4n) is 4.43. The van der Waals surface area contributed by atoms with E-state index >= 15 is 0 Å². The van der Waals surface area contributed by atoms with Crippen LogP contribution in [0.3, 0.4) is 0 Å². The van der Waals surface area contributed by atoms with E-state index in [1.54, 1.807) is 21.3 Å². The Hall–Kier alpha value is -3.46. The van der Waals surface area contributed by atoms with Gasteiger partial charge in [-0.25, -0.2) is 4.79 Å². The monoisotopic (exact) mass is 513 g/mol. The zero-order chi connectivity index (χ0) is 26.8. The second-order valence-electron chi connectivity index (χ2n) is 9.16. The summed E-state index contributed by atoms with van der Waals surface area (Å²) >= 11 is 0. The maximum absolute atomic E-state index is 13.4. The molecule has 0 aromatic heterocycles. The number of hydrogen-bond acceptors (Lipinski definition) is 7. The Morgan fingerprint density at radius 3 is 2.19 bits per heavy atom. The number of carbonyl (C=O) groups is 2. The summed E-state index contributed by atoms with van der Waals surface area (Å²) in [6.45, 7) is 7.35. The van der Waals surface area contributed by atoms with Crippen molar-refractivity contribution in [3.05, 3.63) is 53.6 Å². The minimum Gasteiger partial charge on any atom is -0.493 e. The number of alkyl carbamates (subject to hydrolysis) is 1. The molecule has 0 unspecified atom stereocenters. The number of ether oxygens (including phenoxy) is 4. The lowest BCUT2D eigenvalue weighted by molar-refractivity contribution is -0.136. The lowest BCUT2D eigenvalue weighted by Crippen LogP contribution is -2.56. The number of piperazine rings is 1. The molecule has 1 aliphatic heterocycles. The molecule has 1 heterocycles. The highest BCUT2D eigenvalue weighted by Gasteiger charge is 2.32. The highest BCUT2D eigenvalue weighted by molar-refractivity contribution is 5.86. The molecule has 0 saturated carbocycles. The van der Waals surface area contributed by atoms with E-state index in [0.717, 1.165) is 17.5 Å². The fourth-order valence-corrected chi connectivity index (χ4v) is 4.43. The third-order valence-corrected chi connectivity index (χ3v) is 6.83. The third kappa shape index (κ3) is 7.29. The molecular weight excluding hydrogens is 474 g/mol. The van der Waals surface area contributed by atoms with Gasteiger partial charge in [0.2, 0.25) is 11.7 Å². The van der Waals surface area contributed by atoms with Crippen molar-refractivity contribution in [2.24, 2.45) is 5.92 Å². The van der Waals surface area contributed by atoms with E-state index in [1.165, 1.54) is 0 Å². The standard InChI is InChI=1S/C28H39N3O6/c1-6-20(2)24(29-28(33)37-19-21-10-8-7-9-11-21)27(32)31-16-14-30(15-17-31)18-22-12-13-23(34-3)26(36-5)25(22)35-4/h7-13,20,24H,6,14-19H2,1-5H3,(H,29,33)/t20-,24-/m0/s1. The molecule has 3 rings (SSSR count). The summed E-state index contributed by atoms with van der Waals surface area (Å²) in [5.74, 6) is 1.73. The molecule has 0 spiro atoms. The summed E-state index contributed by atoms with van der Waals surface area (Å²) in [6.07, 6.45) is 0.177. The Balaban J connectivity index is 1.58. The average molecular weight is 514 g/mol. The highest BCUT2D eigenvalue weighted by Crippen LogP contribution is 2.40. The van der Waals surface area contributed by atoms with Crippen LogP contribution in [0.5, 0.6) is 17.2 Å². The molecule has 0 bridgehead atoms.